The molecule has 4 heteroatoms. The number of aromatic nitrogens is 4. The summed E-state index contributed by atoms with van der Waals surface area (Å²) in [5.41, 5.74) is 2.24. The molecule has 3 aromatic carbocycles. The number of rotatable bonds is 1. The van der Waals surface area contributed by atoms with Gasteiger partial charge >= 0.3 is 0 Å². The fourth-order valence-corrected chi connectivity index (χ4v) is 3.29. The summed E-state index contributed by atoms with van der Waals surface area (Å²) in [6.07, 6.45) is 3.07. The number of para-hydroxylation sites is 1. The van der Waals surface area contributed by atoms with Gasteiger partial charge in [0.25, 0.3) is 0 Å². The van der Waals surface area contributed by atoms with Crippen LogP contribution in [-0.4, -0.2) is 19.5 Å². The minimum Gasteiger partial charge on any atom is -0.277 e. The lowest BCUT2D eigenvalue weighted by Crippen LogP contribution is -2.00. The van der Waals surface area contributed by atoms with Crippen LogP contribution < -0.4 is 0 Å². The molecule has 0 atom stereocenters. The number of hydrogen-bond acceptors (Lipinski definition) is 3. The van der Waals surface area contributed by atoms with Crippen LogP contribution in [0.2, 0.25) is 0 Å². The predicted octanol–water partition coefficient (Wildman–Crippen LogP) is 4.12. The third kappa shape index (κ3) is 1.69. The van der Waals surface area contributed by atoms with Gasteiger partial charge in [-0.05, 0) is 11.5 Å². The van der Waals surface area contributed by atoms with Gasteiger partial charge in [-0.25, -0.2) is 15.0 Å². The minimum atomic E-state index is 0.641. The first-order valence-electron chi connectivity index (χ1n) is 7.47. The lowest BCUT2D eigenvalue weighted by molar-refractivity contribution is 0.941. The Bertz CT molecular complexity index is 1160. The van der Waals surface area contributed by atoms with E-state index in [1.807, 2.05) is 6.07 Å². The second-order valence-corrected chi connectivity index (χ2v) is 5.47. The molecule has 23 heavy (non-hydrogen) atoms. The maximum Gasteiger partial charge on any atom is 0.237 e. The van der Waals surface area contributed by atoms with Crippen LogP contribution in [0.5, 0.6) is 0 Å². The van der Waals surface area contributed by atoms with E-state index in [0.29, 0.717) is 5.95 Å². The predicted molar refractivity (Wildman–Crippen MR) is 91.7 cm³/mol. The van der Waals surface area contributed by atoms with Crippen molar-refractivity contribution in [2.75, 3.05) is 0 Å². The summed E-state index contributed by atoms with van der Waals surface area (Å²) < 4.78 is 2.12. The molecule has 5 aromatic rings. The molecule has 0 aliphatic carbocycles. The Labute approximate surface area is 132 Å². The summed E-state index contributed by atoms with van der Waals surface area (Å²) in [5.74, 6) is 0.641. The second-order valence-electron chi connectivity index (χ2n) is 5.47. The number of fused-ring (bicyclic) bond motifs is 5. The second kappa shape index (κ2) is 4.61. The molecule has 5 rings (SSSR count). The van der Waals surface area contributed by atoms with Crippen LogP contribution in [0.25, 0.3) is 38.5 Å². The first-order chi connectivity index (χ1) is 11.4. The van der Waals surface area contributed by atoms with Gasteiger partial charge in [0.1, 0.15) is 12.7 Å². The molecule has 108 valence electrons. The molecule has 0 bridgehead atoms. The first-order valence-corrected chi connectivity index (χ1v) is 7.47. The van der Waals surface area contributed by atoms with Crippen molar-refractivity contribution in [3.05, 3.63) is 73.3 Å². The van der Waals surface area contributed by atoms with E-state index in [-0.39, 0.29) is 0 Å². The van der Waals surface area contributed by atoms with Crippen LogP contribution in [0.3, 0.4) is 0 Å². The van der Waals surface area contributed by atoms with E-state index >= 15 is 0 Å². The van der Waals surface area contributed by atoms with Gasteiger partial charge in [-0.3, -0.25) is 4.57 Å². The Kier molecular flexibility index (Phi) is 2.46. The minimum absolute atomic E-state index is 0.641. The Morgan fingerprint density at radius 1 is 0.652 bits per heavy atom. The van der Waals surface area contributed by atoms with Crippen LogP contribution in [0.15, 0.2) is 73.3 Å². The summed E-state index contributed by atoms with van der Waals surface area (Å²) in [7, 11) is 0. The molecule has 0 saturated carbocycles. The van der Waals surface area contributed by atoms with Gasteiger partial charge in [-0.2, -0.15) is 0 Å². The molecule has 0 spiro atoms. The molecular weight excluding hydrogens is 284 g/mol. The smallest absolute Gasteiger partial charge is 0.237 e. The van der Waals surface area contributed by atoms with Crippen molar-refractivity contribution in [1.82, 2.24) is 19.5 Å². The highest BCUT2D eigenvalue weighted by atomic mass is 15.2. The van der Waals surface area contributed by atoms with Crippen molar-refractivity contribution in [2.45, 2.75) is 0 Å². The molecule has 0 N–H and O–H groups in total. The van der Waals surface area contributed by atoms with Gasteiger partial charge in [0, 0.05) is 16.2 Å². The fraction of sp³-hybridized carbons (Fsp3) is 0. The molecule has 0 aliphatic rings. The standard InChI is InChI=1S/C19H12N4/c1-2-6-14-13(5-1)9-10-16-15-7-3-4-8-17(15)23(18(14)16)19-21-11-20-12-22-19/h1-12H. The maximum atomic E-state index is 4.37. The summed E-state index contributed by atoms with van der Waals surface area (Å²) in [6, 6.07) is 21.1. The number of benzene rings is 3. The van der Waals surface area contributed by atoms with Gasteiger partial charge in [0.05, 0.1) is 11.0 Å². The van der Waals surface area contributed by atoms with Gasteiger partial charge in [0.2, 0.25) is 5.95 Å². The van der Waals surface area contributed by atoms with Gasteiger partial charge in [-0.1, -0.05) is 54.6 Å². The Balaban J connectivity index is 2.10. The van der Waals surface area contributed by atoms with Crippen LogP contribution in [-0.2, 0) is 0 Å². The Morgan fingerprint density at radius 3 is 2.26 bits per heavy atom. The van der Waals surface area contributed by atoms with E-state index in [1.54, 1.807) is 0 Å². The van der Waals surface area contributed by atoms with E-state index in [4.69, 9.17) is 0 Å². The molecule has 0 aliphatic heterocycles. The molecule has 0 saturated heterocycles. The zero-order valence-electron chi connectivity index (χ0n) is 12.2. The van der Waals surface area contributed by atoms with E-state index in [0.717, 1.165) is 11.0 Å². The van der Waals surface area contributed by atoms with Crippen molar-refractivity contribution in [3.63, 3.8) is 0 Å². The summed E-state index contributed by atoms with van der Waals surface area (Å²) in [4.78, 5) is 12.7. The number of hydrogen-bond donors (Lipinski definition) is 0. The lowest BCUT2D eigenvalue weighted by atomic mass is 10.1. The normalized spacial score (nSPS) is 11.5. The molecule has 0 unspecified atom stereocenters. The highest BCUT2D eigenvalue weighted by Gasteiger charge is 2.15. The Hall–Kier alpha value is -3.27. The maximum absolute atomic E-state index is 4.37. The monoisotopic (exact) mass is 296 g/mol. The fourth-order valence-electron chi connectivity index (χ4n) is 3.29. The first kappa shape index (κ1) is 12.3. The molecule has 0 fully saturated rings. The van der Waals surface area contributed by atoms with Crippen LogP contribution in [0.4, 0.5) is 0 Å². The van der Waals surface area contributed by atoms with Crippen molar-refractivity contribution in [1.29, 1.82) is 0 Å². The molecular formula is C19H12N4. The largest absolute Gasteiger partial charge is 0.277 e. The summed E-state index contributed by atoms with van der Waals surface area (Å²) >= 11 is 0. The average Bonchev–Trinajstić information content (AvgIpc) is 2.97. The average molecular weight is 296 g/mol. The van der Waals surface area contributed by atoms with Gasteiger partial charge in [-0.15, -0.1) is 0 Å². The third-order valence-electron chi connectivity index (χ3n) is 4.24. The zero-order valence-corrected chi connectivity index (χ0v) is 12.2. The van der Waals surface area contributed by atoms with Crippen molar-refractivity contribution in [3.8, 4) is 5.95 Å². The molecule has 0 amide bonds. The van der Waals surface area contributed by atoms with E-state index in [9.17, 15) is 0 Å². The molecule has 4 nitrogen and oxygen atoms in total. The molecule has 0 radical (unpaired) electrons. The zero-order chi connectivity index (χ0) is 15.2. The quantitative estimate of drug-likeness (QED) is 0.467. The highest BCUT2D eigenvalue weighted by molar-refractivity contribution is 6.18. The molecule has 2 aromatic heterocycles. The van der Waals surface area contributed by atoms with E-state index in [2.05, 4.69) is 74.1 Å². The molecule has 2 heterocycles. The van der Waals surface area contributed by atoms with Crippen molar-refractivity contribution < 1.29 is 0 Å². The van der Waals surface area contributed by atoms with Gasteiger partial charge in [0.15, 0.2) is 0 Å². The highest BCUT2D eigenvalue weighted by Crippen LogP contribution is 2.35. The topological polar surface area (TPSA) is 43.6 Å². The third-order valence-corrected chi connectivity index (χ3v) is 4.24. The lowest BCUT2D eigenvalue weighted by Gasteiger charge is -2.07. The SMILES string of the molecule is c1ccc2c(c1)ccc1c3ccccc3n(-c3ncncn3)c21. The van der Waals surface area contributed by atoms with Crippen molar-refractivity contribution in [2.24, 2.45) is 0 Å². The van der Waals surface area contributed by atoms with Crippen LogP contribution in [0.1, 0.15) is 0 Å². The van der Waals surface area contributed by atoms with Crippen molar-refractivity contribution >= 4 is 32.6 Å². The van der Waals surface area contributed by atoms with Crippen LogP contribution >= 0.6 is 0 Å². The summed E-state index contributed by atoms with van der Waals surface area (Å²) in [5, 5.41) is 4.81. The van der Waals surface area contributed by atoms with Crippen LogP contribution in [0, 0.1) is 0 Å². The Morgan fingerprint density at radius 2 is 1.39 bits per heavy atom. The van der Waals surface area contributed by atoms with E-state index < -0.39 is 0 Å². The number of nitrogens with zero attached hydrogens (tertiary/aromatic N) is 4. The summed E-state index contributed by atoms with van der Waals surface area (Å²) in [6.45, 7) is 0. The van der Waals surface area contributed by atoms with E-state index in [1.165, 1.54) is 34.2 Å². The van der Waals surface area contributed by atoms with Gasteiger partial charge < -0.3 is 0 Å².